The molecule has 2 saturated heterocycles. The van der Waals surface area contributed by atoms with Crippen LogP contribution in [0.25, 0.3) is 0 Å². The first-order valence-corrected chi connectivity index (χ1v) is 10.1. The number of hydrogen-bond acceptors (Lipinski definition) is 4. The number of hydrogen-bond donors (Lipinski definition) is 2. The van der Waals surface area contributed by atoms with Crippen molar-refractivity contribution in [2.75, 3.05) is 59.6 Å². The largest absolute Gasteiger partial charge is 0.379 e. The van der Waals surface area contributed by atoms with Gasteiger partial charge in [0.15, 0.2) is 5.96 Å². The third-order valence-corrected chi connectivity index (χ3v) is 4.99. The van der Waals surface area contributed by atoms with E-state index in [1.54, 1.807) is 0 Å². The molecule has 2 rings (SSSR count). The minimum Gasteiger partial charge on any atom is -0.379 e. The molecule has 2 heterocycles. The number of likely N-dealkylation sites (tertiary alicyclic amines) is 1. The van der Waals surface area contributed by atoms with Crippen LogP contribution in [0.1, 0.15) is 45.4 Å². The molecular weight excluding hydrogens is 443 g/mol. The average molecular weight is 482 g/mol. The Morgan fingerprint density at radius 3 is 2.69 bits per heavy atom. The molecule has 0 amide bonds. The zero-order valence-corrected chi connectivity index (χ0v) is 19.0. The molecule has 0 aromatic heterocycles. The van der Waals surface area contributed by atoms with E-state index in [9.17, 15) is 0 Å². The lowest BCUT2D eigenvalue weighted by Crippen LogP contribution is -2.40. The summed E-state index contributed by atoms with van der Waals surface area (Å²) in [5.41, 5.74) is 0. The van der Waals surface area contributed by atoms with E-state index in [0.717, 1.165) is 64.1 Å². The van der Waals surface area contributed by atoms with Gasteiger partial charge in [-0.05, 0) is 57.5 Å². The van der Waals surface area contributed by atoms with Crippen LogP contribution in [0.15, 0.2) is 4.99 Å². The van der Waals surface area contributed by atoms with Gasteiger partial charge in [-0.3, -0.25) is 4.99 Å². The predicted molar refractivity (Wildman–Crippen MR) is 119 cm³/mol. The maximum atomic E-state index is 5.68. The maximum Gasteiger partial charge on any atom is 0.190 e. The summed E-state index contributed by atoms with van der Waals surface area (Å²) in [5.74, 6) is 1.75. The molecule has 2 N–H and O–H groups in total. The molecule has 0 radical (unpaired) electrons. The van der Waals surface area contributed by atoms with Gasteiger partial charge in [0.25, 0.3) is 0 Å². The van der Waals surface area contributed by atoms with E-state index in [-0.39, 0.29) is 24.0 Å². The Morgan fingerprint density at radius 1 is 1.19 bits per heavy atom. The van der Waals surface area contributed by atoms with Gasteiger partial charge in [-0.25, -0.2) is 0 Å². The monoisotopic (exact) mass is 482 g/mol. The Bertz CT molecular complexity index is 379. The van der Waals surface area contributed by atoms with Gasteiger partial charge in [-0.15, -0.1) is 24.0 Å². The fourth-order valence-corrected chi connectivity index (χ4v) is 3.59. The third-order valence-electron chi connectivity index (χ3n) is 4.99. The van der Waals surface area contributed by atoms with Gasteiger partial charge in [0.1, 0.15) is 0 Å². The van der Waals surface area contributed by atoms with E-state index in [4.69, 9.17) is 9.47 Å². The molecule has 0 aromatic rings. The lowest BCUT2D eigenvalue weighted by atomic mass is 10.0. The van der Waals surface area contributed by atoms with Crippen molar-refractivity contribution in [2.45, 2.75) is 51.6 Å². The van der Waals surface area contributed by atoms with Gasteiger partial charge in [0.05, 0.1) is 12.7 Å². The highest BCUT2D eigenvalue weighted by Gasteiger charge is 2.16. The normalized spacial score (nSPS) is 24.3. The van der Waals surface area contributed by atoms with Gasteiger partial charge in [0.2, 0.25) is 0 Å². The van der Waals surface area contributed by atoms with Gasteiger partial charge in [0, 0.05) is 39.9 Å². The summed E-state index contributed by atoms with van der Waals surface area (Å²) in [5, 5.41) is 6.76. The van der Waals surface area contributed by atoms with Crippen LogP contribution in [0.5, 0.6) is 0 Å². The zero-order chi connectivity index (χ0) is 17.7. The van der Waals surface area contributed by atoms with Crippen molar-refractivity contribution in [3.05, 3.63) is 0 Å². The molecule has 0 bridgehead atoms. The van der Waals surface area contributed by atoms with Crippen LogP contribution in [0.3, 0.4) is 0 Å². The molecule has 0 saturated carbocycles. The molecule has 2 aliphatic heterocycles. The van der Waals surface area contributed by atoms with E-state index in [0.29, 0.717) is 6.10 Å². The molecule has 154 valence electrons. The second kappa shape index (κ2) is 14.9. The SMILES string of the molecule is CN=C(NCCCOCC1CCCO1)NCCCN1CCCC(C)C1.I. The Hall–Kier alpha value is -0.120. The molecular formula is C19H39IN4O2. The fraction of sp³-hybridized carbons (Fsp3) is 0.947. The van der Waals surface area contributed by atoms with Crippen LogP contribution in [-0.2, 0) is 9.47 Å². The molecule has 2 atom stereocenters. The van der Waals surface area contributed by atoms with E-state index in [1.807, 2.05) is 7.05 Å². The summed E-state index contributed by atoms with van der Waals surface area (Å²) < 4.78 is 11.2. The van der Waals surface area contributed by atoms with Crippen molar-refractivity contribution < 1.29 is 9.47 Å². The summed E-state index contributed by atoms with van der Waals surface area (Å²) in [7, 11) is 1.83. The minimum absolute atomic E-state index is 0. The summed E-state index contributed by atoms with van der Waals surface area (Å²) in [4.78, 5) is 6.88. The van der Waals surface area contributed by atoms with E-state index < -0.39 is 0 Å². The van der Waals surface area contributed by atoms with Crippen LogP contribution in [-0.4, -0.2) is 76.6 Å². The highest BCUT2D eigenvalue weighted by Crippen LogP contribution is 2.15. The van der Waals surface area contributed by atoms with Gasteiger partial charge >= 0.3 is 0 Å². The van der Waals surface area contributed by atoms with Gasteiger partial charge in [-0.1, -0.05) is 6.92 Å². The summed E-state index contributed by atoms with van der Waals surface area (Å²) >= 11 is 0. The summed E-state index contributed by atoms with van der Waals surface area (Å²) in [6.45, 7) is 10.3. The van der Waals surface area contributed by atoms with E-state index in [2.05, 4.69) is 27.4 Å². The number of halogens is 1. The quantitative estimate of drug-likeness (QED) is 0.217. The molecule has 26 heavy (non-hydrogen) atoms. The highest BCUT2D eigenvalue weighted by molar-refractivity contribution is 14.0. The van der Waals surface area contributed by atoms with Crippen LogP contribution >= 0.6 is 24.0 Å². The maximum absolute atomic E-state index is 5.68. The second-order valence-corrected chi connectivity index (χ2v) is 7.39. The summed E-state index contributed by atoms with van der Waals surface area (Å²) in [6.07, 6.45) is 7.54. The van der Waals surface area contributed by atoms with Crippen molar-refractivity contribution >= 4 is 29.9 Å². The molecule has 0 aromatic carbocycles. The number of nitrogens with zero attached hydrogens (tertiary/aromatic N) is 2. The lowest BCUT2D eigenvalue weighted by Gasteiger charge is -2.30. The Balaban J connectivity index is 0.00000338. The van der Waals surface area contributed by atoms with Crippen LogP contribution in [0.4, 0.5) is 0 Å². The first-order chi connectivity index (χ1) is 12.3. The Labute approximate surface area is 176 Å². The minimum atomic E-state index is 0. The third kappa shape index (κ3) is 10.3. The standard InChI is InChI=1S/C19H38N4O2.HI/c1-17-7-3-11-23(15-17)12-5-9-21-19(20-2)22-10-6-13-24-16-18-8-4-14-25-18;/h17-18H,3-16H2,1-2H3,(H2,20,21,22);1H. The first-order valence-electron chi connectivity index (χ1n) is 10.1. The van der Waals surface area contributed by atoms with Gasteiger partial charge < -0.3 is 25.0 Å². The van der Waals surface area contributed by atoms with E-state index in [1.165, 1.54) is 38.9 Å². The molecule has 2 fully saturated rings. The van der Waals surface area contributed by atoms with Crippen molar-refractivity contribution in [3.8, 4) is 0 Å². The number of piperidine rings is 1. The molecule has 2 unspecified atom stereocenters. The van der Waals surface area contributed by atoms with Crippen LogP contribution in [0, 0.1) is 5.92 Å². The second-order valence-electron chi connectivity index (χ2n) is 7.39. The fourth-order valence-electron chi connectivity index (χ4n) is 3.59. The van der Waals surface area contributed by atoms with Crippen LogP contribution in [0.2, 0.25) is 0 Å². The van der Waals surface area contributed by atoms with Crippen molar-refractivity contribution in [1.82, 2.24) is 15.5 Å². The molecule has 0 aliphatic carbocycles. The lowest BCUT2D eigenvalue weighted by molar-refractivity contribution is 0.0168. The Morgan fingerprint density at radius 2 is 2.00 bits per heavy atom. The van der Waals surface area contributed by atoms with Crippen molar-refractivity contribution in [1.29, 1.82) is 0 Å². The number of ether oxygens (including phenoxy) is 2. The van der Waals surface area contributed by atoms with Crippen molar-refractivity contribution in [2.24, 2.45) is 10.9 Å². The smallest absolute Gasteiger partial charge is 0.190 e. The Kier molecular flexibility index (Phi) is 13.7. The molecule has 7 heteroatoms. The number of aliphatic imine (C=N–C) groups is 1. The van der Waals surface area contributed by atoms with E-state index >= 15 is 0 Å². The number of rotatable bonds is 10. The number of guanidine groups is 1. The van der Waals surface area contributed by atoms with Gasteiger partial charge in [-0.2, -0.15) is 0 Å². The summed E-state index contributed by atoms with van der Waals surface area (Å²) in [6, 6.07) is 0. The van der Waals surface area contributed by atoms with Crippen molar-refractivity contribution in [3.63, 3.8) is 0 Å². The topological polar surface area (TPSA) is 58.1 Å². The first kappa shape index (κ1) is 23.9. The van der Waals surface area contributed by atoms with Crippen LogP contribution < -0.4 is 10.6 Å². The zero-order valence-electron chi connectivity index (χ0n) is 16.7. The molecule has 0 spiro atoms. The predicted octanol–water partition coefficient (Wildman–Crippen LogP) is 2.48. The molecule has 2 aliphatic rings. The average Bonchev–Trinajstić information content (AvgIpc) is 3.13. The number of nitrogens with one attached hydrogen (secondary N) is 2. The molecule has 6 nitrogen and oxygen atoms in total. The highest BCUT2D eigenvalue weighted by atomic mass is 127.